The summed E-state index contributed by atoms with van der Waals surface area (Å²) in [4.78, 5) is 26.8. The van der Waals surface area contributed by atoms with E-state index in [0.29, 0.717) is 22.4 Å². The van der Waals surface area contributed by atoms with Crippen LogP contribution in [0.15, 0.2) is 33.6 Å². The van der Waals surface area contributed by atoms with Crippen LogP contribution < -0.4 is 5.63 Å². The van der Waals surface area contributed by atoms with Gasteiger partial charge < -0.3 is 9.32 Å². The molecule has 3 heterocycles. The van der Waals surface area contributed by atoms with Gasteiger partial charge >= 0.3 is 5.63 Å². The second-order valence-electron chi connectivity index (χ2n) is 7.04. The first-order chi connectivity index (χ1) is 12.0. The summed E-state index contributed by atoms with van der Waals surface area (Å²) in [7, 11) is 0. The Morgan fingerprint density at radius 1 is 1.36 bits per heavy atom. The molecular formula is C19H21N3O3. The minimum absolute atomic E-state index is 0.0468. The molecule has 0 radical (unpaired) electrons. The number of hydrogen-bond acceptors (Lipinski definition) is 4. The Hall–Kier alpha value is -2.63. The Morgan fingerprint density at radius 2 is 2.20 bits per heavy atom. The molecule has 3 aromatic rings. The van der Waals surface area contributed by atoms with E-state index in [9.17, 15) is 9.59 Å². The van der Waals surface area contributed by atoms with Crippen molar-refractivity contribution in [3.8, 4) is 0 Å². The van der Waals surface area contributed by atoms with Gasteiger partial charge in [-0.2, -0.15) is 5.10 Å². The molecule has 1 amide bonds. The van der Waals surface area contributed by atoms with Crippen LogP contribution >= 0.6 is 0 Å². The van der Waals surface area contributed by atoms with Crippen molar-refractivity contribution in [2.24, 2.45) is 5.92 Å². The molecule has 0 N–H and O–H groups in total. The summed E-state index contributed by atoms with van der Waals surface area (Å²) in [5.74, 6) is 0.577. The van der Waals surface area contributed by atoms with Gasteiger partial charge in [0.05, 0.1) is 11.7 Å². The van der Waals surface area contributed by atoms with E-state index in [2.05, 4.69) is 12.0 Å². The molecule has 0 bridgehead atoms. The summed E-state index contributed by atoms with van der Waals surface area (Å²) in [5, 5.41) is 5.53. The van der Waals surface area contributed by atoms with Crippen molar-refractivity contribution in [2.75, 3.05) is 13.1 Å². The van der Waals surface area contributed by atoms with Gasteiger partial charge in [-0.25, -0.2) is 4.79 Å². The molecule has 1 fully saturated rings. The zero-order chi connectivity index (χ0) is 17.6. The Balaban J connectivity index is 1.77. The van der Waals surface area contributed by atoms with Crippen molar-refractivity contribution in [3.05, 3.63) is 40.4 Å². The van der Waals surface area contributed by atoms with Crippen molar-refractivity contribution < 1.29 is 9.21 Å². The first-order valence-electron chi connectivity index (χ1n) is 8.69. The number of rotatable bonds is 2. The van der Waals surface area contributed by atoms with E-state index in [1.807, 2.05) is 24.0 Å². The largest absolute Gasteiger partial charge is 0.422 e. The smallest absolute Gasteiger partial charge is 0.347 e. The van der Waals surface area contributed by atoms with Gasteiger partial charge in [0, 0.05) is 18.5 Å². The van der Waals surface area contributed by atoms with Gasteiger partial charge in [0.15, 0.2) is 0 Å². The van der Waals surface area contributed by atoms with Crippen LogP contribution in [-0.4, -0.2) is 33.7 Å². The molecule has 4 rings (SSSR count). The molecule has 1 unspecified atom stereocenters. The van der Waals surface area contributed by atoms with E-state index >= 15 is 0 Å². The van der Waals surface area contributed by atoms with Crippen LogP contribution in [0.2, 0.25) is 0 Å². The van der Waals surface area contributed by atoms with Crippen LogP contribution in [-0.2, 0) is 11.3 Å². The predicted molar refractivity (Wildman–Crippen MR) is 95.5 cm³/mol. The van der Waals surface area contributed by atoms with Crippen molar-refractivity contribution in [2.45, 2.75) is 33.2 Å². The third-order valence-electron chi connectivity index (χ3n) is 4.95. The molecule has 1 aliphatic rings. The van der Waals surface area contributed by atoms with E-state index in [-0.39, 0.29) is 12.5 Å². The second-order valence-corrected chi connectivity index (χ2v) is 7.04. The van der Waals surface area contributed by atoms with E-state index in [1.54, 1.807) is 10.7 Å². The number of carbonyl (C=O) groups is 1. The van der Waals surface area contributed by atoms with Crippen molar-refractivity contribution in [1.82, 2.24) is 14.7 Å². The standard InChI is InChI=1S/C19H21N3O3/c1-12-5-6-16-14(8-12)18-15(19(24)25-16)9-20-22(18)11-17(23)21-7-3-4-13(2)10-21/h5-6,8-9,13H,3-4,7,10-11H2,1-2H3. The molecule has 1 aliphatic heterocycles. The number of aromatic nitrogens is 2. The molecule has 0 aliphatic carbocycles. The summed E-state index contributed by atoms with van der Waals surface area (Å²) < 4.78 is 7.01. The third-order valence-corrected chi connectivity index (χ3v) is 4.95. The molecular weight excluding hydrogens is 318 g/mol. The van der Waals surface area contributed by atoms with Crippen LogP contribution in [0.5, 0.6) is 0 Å². The Bertz CT molecular complexity index is 1020. The average molecular weight is 339 g/mol. The number of piperidine rings is 1. The van der Waals surface area contributed by atoms with Gasteiger partial charge in [0.1, 0.15) is 17.5 Å². The SMILES string of the molecule is Cc1ccc2oc(=O)c3cnn(CC(=O)N4CCCC(C)C4)c3c2c1. The quantitative estimate of drug-likeness (QED) is 0.673. The number of carbonyl (C=O) groups excluding carboxylic acids is 1. The maximum Gasteiger partial charge on any atom is 0.347 e. The average Bonchev–Trinajstić information content (AvgIpc) is 3.00. The van der Waals surface area contributed by atoms with Gasteiger partial charge in [-0.05, 0) is 37.8 Å². The summed E-state index contributed by atoms with van der Waals surface area (Å²) in [6.07, 6.45) is 3.70. The number of nitrogens with zero attached hydrogens (tertiary/aromatic N) is 3. The van der Waals surface area contributed by atoms with E-state index < -0.39 is 5.63 Å². The Morgan fingerprint density at radius 3 is 3.00 bits per heavy atom. The maximum atomic E-state index is 12.7. The van der Waals surface area contributed by atoms with Gasteiger partial charge in [-0.15, -0.1) is 0 Å². The highest BCUT2D eigenvalue weighted by molar-refractivity contribution is 6.02. The Kier molecular flexibility index (Phi) is 3.82. The molecule has 0 spiro atoms. The highest BCUT2D eigenvalue weighted by Gasteiger charge is 2.22. The van der Waals surface area contributed by atoms with Crippen LogP contribution in [0.4, 0.5) is 0 Å². The monoisotopic (exact) mass is 339 g/mol. The summed E-state index contributed by atoms with van der Waals surface area (Å²) in [6.45, 7) is 5.88. The second kappa shape index (κ2) is 6.02. The molecule has 1 atom stereocenters. The van der Waals surface area contributed by atoms with E-state index in [4.69, 9.17) is 4.42 Å². The minimum atomic E-state index is -0.420. The number of fused-ring (bicyclic) bond motifs is 3. The molecule has 6 heteroatoms. The molecule has 0 saturated carbocycles. The summed E-state index contributed by atoms with van der Waals surface area (Å²) in [5.41, 5.74) is 1.83. The normalized spacial score (nSPS) is 18.2. The number of aryl methyl sites for hydroxylation is 1. The highest BCUT2D eigenvalue weighted by Crippen LogP contribution is 2.24. The maximum absolute atomic E-state index is 12.7. The molecule has 6 nitrogen and oxygen atoms in total. The van der Waals surface area contributed by atoms with Crippen molar-refractivity contribution >= 4 is 27.8 Å². The summed E-state index contributed by atoms with van der Waals surface area (Å²) >= 11 is 0. The van der Waals surface area contributed by atoms with Gasteiger partial charge in [0.2, 0.25) is 5.91 Å². The van der Waals surface area contributed by atoms with Gasteiger partial charge in [-0.1, -0.05) is 18.6 Å². The molecule has 2 aromatic heterocycles. The first-order valence-corrected chi connectivity index (χ1v) is 8.69. The lowest BCUT2D eigenvalue weighted by Crippen LogP contribution is -2.41. The number of likely N-dealkylation sites (tertiary alicyclic amines) is 1. The lowest BCUT2D eigenvalue weighted by molar-refractivity contribution is -0.133. The van der Waals surface area contributed by atoms with Gasteiger partial charge in [-0.3, -0.25) is 9.48 Å². The van der Waals surface area contributed by atoms with Crippen molar-refractivity contribution in [3.63, 3.8) is 0 Å². The van der Waals surface area contributed by atoms with Crippen LogP contribution in [0.3, 0.4) is 0 Å². The summed E-state index contributed by atoms with van der Waals surface area (Å²) in [6, 6.07) is 5.65. The number of benzene rings is 1. The van der Waals surface area contributed by atoms with Crippen molar-refractivity contribution in [1.29, 1.82) is 0 Å². The number of amides is 1. The predicted octanol–water partition coefficient (Wildman–Crippen LogP) is 2.71. The fraction of sp³-hybridized carbons (Fsp3) is 0.421. The Labute approximate surface area is 145 Å². The van der Waals surface area contributed by atoms with Crippen LogP contribution in [0.1, 0.15) is 25.3 Å². The molecule has 1 saturated heterocycles. The van der Waals surface area contributed by atoms with E-state index in [1.165, 1.54) is 12.6 Å². The fourth-order valence-electron chi connectivity index (χ4n) is 3.66. The zero-order valence-corrected chi connectivity index (χ0v) is 14.5. The lowest BCUT2D eigenvalue weighted by atomic mass is 10.0. The molecule has 130 valence electrons. The fourth-order valence-corrected chi connectivity index (χ4v) is 3.66. The lowest BCUT2D eigenvalue weighted by Gasteiger charge is -2.31. The highest BCUT2D eigenvalue weighted by atomic mass is 16.4. The molecule has 25 heavy (non-hydrogen) atoms. The molecule has 1 aromatic carbocycles. The zero-order valence-electron chi connectivity index (χ0n) is 14.5. The third kappa shape index (κ3) is 2.81. The van der Waals surface area contributed by atoms with E-state index in [0.717, 1.165) is 30.5 Å². The minimum Gasteiger partial charge on any atom is -0.422 e. The van der Waals surface area contributed by atoms with Crippen LogP contribution in [0.25, 0.3) is 21.9 Å². The number of hydrogen-bond donors (Lipinski definition) is 0. The van der Waals surface area contributed by atoms with Crippen LogP contribution in [0, 0.1) is 12.8 Å². The van der Waals surface area contributed by atoms with Gasteiger partial charge in [0.25, 0.3) is 0 Å². The first kappa shape index (κ1) is 15.9. The topological polar surface area (TPSA) is 68.3 Å².